The maximum atomic E-state index is 10.6. The van der Waals surface area contributed by atoms with Crippen molar-refractivity contribution in [1.82, 2.24) is 10.2 Å². The van der Waals surface area contributed by atoms with E-state index in [1.807, 2.05) is 0 Å². The van der Waals surface area contributed by atoms with E-state index >= 15 is 0 Å². The Hall–Kier alpha value is -0.120. The smallest absolute Gasteiger partial charge is 0.108 e. The molecule has 0 bridgehead atoms. The average molecular weight is 287 g/mol. The second-order valence-corrected chi connectivity index (χ2v) is 8.27. The van der Waals surface area contributed by atoms with Gasteiger partial charge in [-0.2, -0.15) is 0 Å². The zero-order valence-electron chi connectivity index (χ0n) is 15.1. The molecule has 0 saturated carbocycles. The summed E-state index contributed by atoms with van der Waals surface area (Å²) in [6.07, 6.45) is 2.78. The molecule has 0 spiro atoms. The van der Waals surface area contributed by atoms with Crippen LogP contribution in [0.15, 0.2) is 0 Å². The lowest BCUT2D eigenvalue weighted by Gasteiger charge is -2.40. The monoisotopic (exact) mass is 286 g/mol. The van der Waals surface area contributed by atoms with E-state index in [1.165, 1.54) is 0 Å². The molecular weight excluding hydrogens is 248 g/mol. The quantitative estimate of drug-likeness (QED) is 0.504. The number of aliphatic hydroxyl groups is 1. The van der Waals surface area contributed by atoms with Crippen LogP contribution in [0.1, 0.15) is 60.8 Å². The van der Waals surface area contributed by atoms with Crippen LogP contribution in [-0.2, 0) is 0 Å². The number of rotatable bonds is 9. The molecular formula is C17H38N2O. The molecule has 0 aromatic heterocycles. The van der Waals surface area contributed by atoms with E-state index in [4.69, 9.17) is 0 Å². The topological polar surface area (TPSA) is 35.5 Å². The van der Waals surface area contributed by atoms with E-state index in [0.717, 1.165) is 32.4 Å². The van der Waals surface area contributed by atoms with Crippen molar-refractivity contribution < 1.29 is 5.11 Å². The van der Waals surface area contributed by atoms with Crippen molar-refractivity contribution in [2.45, 2.75) is 67.0 Å². The van der Waals surface area contributed by atoms with Gasteiger partial charge in [0.2, 0.25) is 0 Å². The molecule has 20 heavy (non-hydrogen) atoms. The second kappa shape index (κ2) is 8.35. The van der Waals surface area contributed by atoms with Crippen molar-refractivity contribution in [3.63, 3.8) is 0 Å². The Morgan fingerprint density at radius 1 is 1.10 bits per heavy atom. The first kappa shape index (κ1) is 19.9. The maximum absolute atomic E-state index is 10.6. The Labute approximate surface area is 127 Å². The molecule has 0 amide bonds. The molecule has 2 N–H and O–H groups in total. The van der Waals surface area contributed by atoms with Crippen LogP contribution in [0.25, 0.3) is 0 Å². The molecule has 0 aliphatic heterocycles. The van der Waals surface area contributed by atoms with E-state index in [-0.39, 0.29) is 16.7 Å². The lowest BCUT2D eigenvalue weighted by atomic mass is 9.69. The van der Waals surface area contributed by atoms with E-state index < -0.39 is 6.23 Å². The minimum Gasteiger partial charge on any atom is -0.378 e. The minimum absolute atomic E-state index is 0.154. The second-order valence-electron chi connectivity index (χ2n) is 8.27. The average Bonchev–Trinajstić information content (AvgIpc) is 2.30. The molecule has 2 atom stereocenters. The maximum Gasteiger partial charge on any atom is 0.108 e. The highest BCUT2D eigenvalue weighted by atomic mass is 16.3. The van der Waals surface area contributed by atoms with Gasteiger partial charge in [0.15, 0.2) is 0 Å². The molecule has 0 aromatic carbocycles. The van der Waals surface area contributed by atoms with Crippen molar-refractivity contribution in [2.75, 3.05) is 27.2 Å². The van der Waals surface area contributed by atoms with Gasteiger partial charge in [0.1, 0.15) is 6.23 Å². The van der Waals surface area contributed by atoms with Crippen LogP contribution in [0.3, 0.4) is 0 Å². The molecule has 0 saturated heterocycles. The summed E-state index contributed by atoms with van der Waals surface area (Å²) in [5, 5.41) is 13.9. The minimum atomic E-state index is -0.411. The number of aliphatic hydroxyl groups excluding tert-OH is 1. The largest absolute Gasteiger partial charge is 0.378 e. The summed E-state index contributed by atoms with van der Waals surface area (Å²) in [5.41, 5.74) is 0.393. The SMILES string of the molecule is CCC(C)(C)C(CC(C)(C)C)C(O)NCCCN(C)C. The molecule has 0 fully saturated rings. The first-order valence-electron chi connectivity index (χ1n) is 8.06. The van der Waals surface area contributed by atoms with Gasteiger partial charge in [0.05, 0.1) is 0 Å². The summed E-state index contributed by atoms with van der Waals surface area (Å²) in [7, 11) is 4.16. The lowest BCUT2D eigenvalue weighted by molar-refractivity contribution is -0.0133. The summed E-state index contributed by atoms with van der Waals surface area (Å²) in [6.45, 7) is 15.5. The Morgan fingerprint density at radius 2 is 1.65 bits per heavy atom. The molecule has 2 unspecified atom stereocenters. The summed E-state index contributed by atoms with van der Waals surface area (Å²) >= 11 is 0. The van der Waals surface area contributed by atoms with Gasteiger partial charge < -0.3 is 10.0 Å². The third-order valence-corrected chi connectivity index (χ3v) is 4.26. The molecule has 3 heteroatoms. The fourth-order valence-corrected chi connectivity index (χ4v) is 2.52. The van der Waals surface area contributed by atoms with Crippen molar-refractivity contribution in [1.29, 1.82) is 0 Å². The standard InChI is InChI=1S/C17H38N2O/c1-9-17(5,6)14(13-16(2,3)4)15(20)18-11-10-12-19(7)8/h14-15,18,20H,9-13H2,1-8H3. The highest BCUT2D eigenvalue weighted by Crippen LogP contribution is 2.40. The predicted molar refractivity (Wildman–Crippen MR) is 88.8 cm³/mol. The van der Waals surface area contributed by atoms with Crippen molar-refractivity contribution in [2.24, 2.45) is 16.7 Å². The summed E-state index contributed by atoms with van der Waals surface area (Å²) < 4.78 is 0. The van der Waals surface area contributed by atoms with E-state index in [2.05, 4.69) is 65.9 Å². The van der Waals surface area contributed by atoms with Crippen LogP contribution in [0.5, 0.6) is 0 Å². The predicted octanol–water partition coefficient (Wildman–Crippen LogP) is 3.33. The van der Waals surface area contributed by atoms with Gasteiger partial charge in [-0.3, -0.25) is 5.32 Å². The lowest BCUT2D eigenvalue weighted by Crippen LogP contribution is -2.45. The van der Waals surface area contributed by atoms with Crippen LogP contribution in [0.2, 0.25) is 0 Å². The molecule has 0 heterocycles. The fraction of sp³-hybridized carbons (Fsp3) is 1.00. The first-order chi connectivity index (χ1) is 8.99. The van der Waals surface area contributed by atoms with Gasteiger partial charge in [0.25, 0.3) is 0 Å². The highest BCUT2D eigenvalue weighted by Gasteiger charge is 2.36. The van der Waals surface area contributed by atoms with Crippen LogP contribution in [0, 0.1) is 16.7 Å². The molecule has 0 aromatic rings. The normalized spacial score (nSPS) is 16.5. The van der Waals surface area contributed by atoms with Gasteiger partial charge in [-0.1, -0.05) is 48.0 Å². The van der Waals surface area contributed by atoms with Gasteiger partial charge in [-0.05, 0) is 50.9 Å². The summed E-state index contributed by atoms with van der Waals surface area (Å²) in [5.74, 6) is 0.284. The third-order valence-electron chi connectivity index (χ3n) is 4.26. The van der Waals surface area contributed by atoms with Crippen LogP contribution >= 0.6 is 0 Å². The van der Waals surface area contributed by atoms with Crippen LogP contribution < -0.4 is 5.32 Å². The molecule has 0 aliphatic rings. The fourth-order valence-electron chi connectivity index (χ4n) is 2.52. The highest BCUT2D eigenvalue weighted by molar-refractivity contribution is 4.85. The zero-order chi connectivity index (χ0) is 16.0. The molecule has 122 valence electrons. The number of hydrogen-bond donors (Lipinski definition) is 2. The third kappa shape index (κ3) is 8.23. The first-order valence-corrected chi connectivity index (χ1v) is 8.06. The van der Waals surface area contributed by atoms with E-state index in [0.29, 0.717) is 0 Å². The van der Waals surface area contributed by atoms with Gasteiger partial charge in [-0.25, -0.2) is 0 Å². The van der Waals surface area contributed by atoms with E-state index in [1.54, 1.807) is 0 Å². The Morgan fingerprint density at radius 3 is 2.05 bits per heavy atom. The van der Waals surface area contributed by atoms with Crippen molar-refractivity contribution in [3.05, 3.63) is 0 Å². The Bertz CT molecular complexity index is 256. The van der Waals surface area contributed by atoms with Crippen LogP contribution in [0.4, 0.5) is 0 Å². The molecule has 0 aliphatic carbocycles. The van der Waals surface area contributed by atoms with E-state index in [9.17, 15) is 5.11 Å². The van der Waals surface area contributed by atoms with Gasteiger partial charge in [-0.15, -0.1) is 0 Å². The Kier molecular flexibility index (Phi) is 8.30. The molecule has 0 rings (SSSR count). The zero-order valence-corrected chi connectivity index (χ0v) is 15.1. The summed E-state index contributed by atoms with van der Waals surface area (Å²) in [4.78, 5) is 2.18. The number of hydrogen-bond acceptors (Lipinski definition) is 3. The molecule has 3 nitrogen and oxygen atoms in total. The van der Waals surface area contributed by atoms with Crippen LogP contribution in [-0.4, -0.2) is 43.4 Å². The number of nitrogens with zero attached hydrogens (tertiary/aromatic N) is 1. The summed E-state index contributed by atoms with van der Waals surface area (Å²) in [6, 6.07) is 0. The van der Waals surface area contributed by atoms with Gasteiger partial charge >= 0.3 is 0 Å². The Balaban J connectivity index is 4.53. The van der Waals surface area contributed by atoms with Crippen molar-refractivity contribution >= 4 is 0 Å². The van der Waals surface area contributed by atoms with Crippen molar-refractivity contribution in [3.8, 4) is 0 Å². The molecule has 0 radical (unpaired) electrons. The van der Waals surface area contributed by atoms with Gasteiger partial charge in [0, 0.05) is 5.92 Å². The number of nitrogens with one attached hydrogen (secondary N) is 1.